The minimum Gasteiger partial charge on any atom is -0.477 e. The molecule has 0 aliphatic rings. The van der Waals surface area contributed by atoms with E-state index in [-0.39, 0.29) is 0 Å². The van der Waals surface area contributed by atoms with Gasteiger partial charge in [0, 0.05) is 0 Å². The fourth-order valence-electron chi connectivity index (χ4n) is 0.385. The van der Waals surface area contributed by atoms with Crippen LogP contribution < -0.4 is 5.48 Å². The Hall–Kier alpha value is -1.56. The maximum atomic E-state index is 10.4. The first kappa shape index (κ1) is 11.4. The molecule has 0 bridgehead atoms. The predicted octanol–water partition coefficient (Wildman–Crippen LogP) is 0.474. The summed E-state index contributed by atoms with van der Waals surface area (Å²) in [4.78, 5) is 19.4. The summed E-state index contributed by atoms with van der Waals surface area (Å²) in [6.45, 7) is 6.57. The van der Waals surface area contributed by atoms with Gasteiger partial charge in [0.05, 0.1) is 5.71 Å². The molecule has 0 radical (unpaired) electrons. The molecule has 0 aromatic rings. The third-order valence-electron chi connectivity index (χ3n) is 0.823. The molecule has 13 heavy (non-hydrogen) atoms. The second-order valence-corrected chi connectivity index (χ2v) is 2.26. The Labute approximate surface area is 75.8 Å². The standard InChI is InChI=1S/C7H12N2O4/c1-4-12-9-6(7(10)11)13-8-5(2)3/h4,6,9H,1H2,2-3H3,(H,10,11)/t6-/m0/s1. The molecule has 0 saturated heterocycles. The van der Waals surface area contributed by atoms with Gasteiger partial charge in [-0.3, -0.25) is 0 Å². The maximum absolute atomic E-state index is 10.4. The first-order valence-corrected chi connectivity index (χ1v) is 3.50. The SMILES string of the molecule is C=CON[C@@H](ON=C(C)C)C(=O)O. The van der Waals surface area contributed by atoms with E-state index >= 15 is 0 Å². The van der Waals surface area contributed by atoms with Gasteiger partial charge >= 0.3 is 12.2 Å². The van der Waals surface area contributed by atoms with Crippen LogP contribution in [0, 0.1) is 0 Å². The Bertz CT molecular complexity index is 211. The summed E-state index contributed by atoms with van der Waals surface area (Å²) in [6.07, 6.45) is -0.296. The third-order valence-corrected chi connectivity index (χ3v) is 0.823. The molecule has 0 amide bonds. The minimum absolute atomic E-state index is 0.603. The molecule has 0 aromatic carbocycles. The Morgan fingerprint density at radius 1 is 1.69 bits per heavy atom. The number of carboxylic acids is 1. The minimum atomic E-state index is -1.34. The van der Waals surface area contributed by atoms with Crippen molar-refractivity contribution >= 4 is 11.7 Å². The molecule has 0 aliphatic carbocycles. The summed E-state index contributed by atoms with van der Waals surface area (Å²) < 4.78 is 0. The average molecular weight is 188 g/mol. The van der Waals surface area contributed by atoms with Crippen LogP contribution in [0.5, 0.6) is 0 Å². The normalized spacial score (nSPS) is 11.2. The number of hydroxylamine groups is 1. The monoisotopic (exact) mass is 188 g/mol. The number of carboxylic acid groups (broad SMARTS) is 1. The molecular weight excluding hydrogens is 176 g/mol. The molecule has 0 aliphatic heterocycles. The van der Waals surface area contributed by atoms with E-state index < -0.39 is 12.2 Å². The Balaban J connectivity index is 4.02. The fraction of sp³-hybridized carbons (Fsp3) is 0.429. The van der Waals surface area contributed by atoms with Crippen molar-refractivity contribution in [1.29, 1.82) is 0 Å². The van der Waals surface area contributed by atoms with Gasteiger partial charge in [-0.15, -0.1) is 5.48 Å². The van der Waals surface area contributed by atoms with E-state index in [2.05, 4.69) is 26.9 Å². The maximum Gasteiger partial charge on any atom is 0.366 e. The van der Waals surface area contributed by atoms with E-state index in [1.807, 2.05) is 0 Å². The van der Waals surface area contributed by atoms with E-state index in [1.54, 1.807) is 13.8 Å². The lowest BCUT2D eigenvalue weighted by Gasteiger charge is -2.10. The third kappa shape index (κ3) is 5.68. The fourth-order valence-corrected chi connectivity index (χ4v) is 0.385. The highest BCUT2D eigenvalue weighted by atomic mass is 16.7. The molecule has 0 aromatic heterocycles. The van der Waals surface area contributed by atoms with Crippen LogP contribution in [-0.4, -0.2) is 23.0 Å². The number of nitrogens with zero attached hydrogens (tertiary/aromatic N) is 1. The van der Waals surface area contributed by atoms with E-state index in [4.69, 9.17) is 5.11 Å². The average Bonchev–Trinajstić information content (AvgIpc) is 2.03. The molecular formula is C7H12N2O4. The molecule has 0 rings (SSSR count). The Morgan fingerprint density at radius 2 is 2.31 bits per heavy atom. The molecule has 6 heteroatoms. The molecule has 0 unspecified atom stereocenters. The zero-order chi connectivity index (χ0) is 10.3. The van der Waals surface area contributed by atoms with Gasteiger partial charge < -0.3 is 14.8 Å². The van der Waals surface area contributed by atoms with Crippen molar-refractivity contribution in [2.75, 3.05) is 0 Å². The number of nitrogens with one attached hydrogen (secondary N) is 1. The Kier molecular flexibility index (Phi) is 5.29. The number of aliphatic carboxylic acids is 1. The van der Waals surface area contributed by atoms with Crippen LogP contribution in [0.3, 0.4) is 0 Å². The van der Waals surface area contributed by atoms with Crippen molar-refractivity contribution in [2.45, 2.75) is 20.1 Å². The van der Waals surface area contributed by atoms with Crippen molar-refractivity contribution < 1.29 is 19.6 Å². The zero-order valence-corrected chi connectivity index (χ0v) is 7.48. The number of hydrogen-bond donors (Lipinski definition) is 2. The second kappa shape index (κ2) is 6.01. The quantitative estimate of drug-likeness (QED) is 0.274. The van der Waals surface area contributed by atoms with Gasteiger partial charge in [0.15, 0.2) is 0 Å². The first-order valence-electron chi connectivity index (χ1n) is 3.50. The molecule has 1 atom stereocenters. The van der Waals surface area contributed by atoms with Gasteiger partial charge in [0.2, 0.25) is 0 Å². The van der Waals surface area contributed by atoms with Gasteiger partial charge in [0.1, 0.15) is 6.26 Å². The molecule has 6 nitrogen and oxygen atoms in total. The van der Waals surface area contributed by atoms with Crippen LogP contribution >= 0.6 is 0 Å². The van der Waals surface area contributed by atoms with E-state index in [9.17, 15) is 4.79 Å². The van der Waals surface area contributed by atoms with Crippen molar-refractivity contribution in [3.05, 3.63) is 12.8 Å². The molecule has 0 heterocycles. The first-order chi connectivity index (χ1) is 6.07. The number of rotatable bonds is 6. The number of oxime groups is 1. The van der Waals surface area contributed by atoms with Gasteiger partial charge in [0.25, 0.3) is 0 Å². The highest BCUT2D eigenvalue weighted by Gasteiger charge is 2.18. The summed E-state index contributed by atoms with van der Waals surface area (Å²) in [5, 5.41) is 12.0. The Morgan fingerprint density at radius 3 is 2.69 bits per heavy atom. The predicted molar refractivity (Wildman–Crippen MR) is 45.7 cm³/mol. The van der Waals surface area contributed by atoms with Crippen LogP contribution in [0.4, 0.5) is 0 Å². The summed E-state index contributed by atoms with van der Waals surface area (Å²) in [5.41, 5.74) is 2.68. The topological polar surface area (TPSA) is 80.1 Å². The van der Waals surface area contributed by atoms with Gasteiger partial charge in [-0.2, -0.15) is 0 Å². The zero-order valence-electron chi connectivity index (χ0n) is 7.48. The van der Waals surface area contributed by atoms with E-state index in [1.165, 1.54) is 0 Å². The smallest absolute Gasteiger partial charge is 0.366 e. The molecule has 0 fully saturated rings. The summed E-state index contributed by atoms with van der Waals surface area (Å²) in [7, 11) is 0. The van der Waals surface area contributed by atoms with Crippen molar-refractivity contribution in [3.8, 4) is 0 Å². The van der Waals surface area contributed by atoms with Gasteiger partial charge in [-0.1, -0.05) is 11.7 Å². The van der Waals surface area contributed by atoms with Crippen molar-refractivity contribution in [3.63, 3.8) is 0 Å². The van der Waals surface area contributed by atoms with Crippen LogP contribution in [0.25, 0.3) is 0 Å². The molecule has 0 spiro atoms. The second-order valence-electron chi connectivity index (χ2n) is 2.26. The van der Waals surface area contributed by atoms with Crippen molar-refractivity contribution in [1.82, 2.24) is 5.48 Å². The molecule has 74 valence electrons. The highest BCUT2D eigenvalue weighted by Crippen LogP contribution is 1.90. The summed E-state index contributed by atoms with van der Waals surface area (Å²) in [6, 6.07) is 0. The van der Waals surface area contributed by atoms with Crippen LogP contribution in [0.1, 0.15) is 13.8 Å². The lowest BCUT2D eigenvalue weighted by atomic mass is 10.5. The highest BCUT2D eigenvalue weighted by molar-refractivity contribution is 5.78. The van der Waals surface area contributed by atoms with Gasteiger partial charge in [-0.25, -0.2) is 4.79 Å². The largest absolute Gasteiger partial charge is 0.477 e. The molecule has 2 N–H and O–H groups in total. The van der Waals surface area contributed by atoms with Gasteiger partial charge in [-0.05, 0) is 13.8 Å². The molecule has 0 saturated carbocycles. The van der Waals surface area contributed by atoms with Crippen molar-refractivity contribution in [2.24, 2.45) is 5.16 Å². The van der Waals surface area contributed by atoms with Crippen LogP contribution in [0.2, 0.25) is 0 Å². The van der Waals surface area contributed by atoms with Crippen LogP contribution in [0.15, 0.2) is 18.0 Å². The van der Waals surface area contributed by atoms with E-state index in [0.29, 0.717) is 5.71 Å². The van der Waals surface area contributed by atoms with E-state index in [0.717, 1.165) is 6.26 Å². The van der Waals surface area contributed by atoms with Crippen LogP contribution in [-0.2, 0) is 14.5 Å². The lowest BCUT2D eigenvalue weighted by Crippen LogP contribution is -2.37. The number of hydrogen-bond acceptors (Lipinski definition) is 5. The summed E-state index contributed by atoms with van der Waals surface area (Å²) >= 11 is 0. The summed E-state index contributed by atoms with van der Waals surface area (Å²) in [5.74, 6) is -1.23. The lowest BCUT2D eigenvalue weighted by molar-refractivity contribution is -0.161. The number of carbonyl (C=O) groups is 1.